The molecule has 1 aliphatic heterocycles. The fourth-order valence-electron chi connectivity index (χ4n) is 2.67. The average molecular weight is 415 g/mol. The van der Waals surface area contributed by atoms with Gasteiger partial charge in [0.2, 0.25) is 17.6 Å². The number of aromatic nitrogens is 3. The van der Waals surface area contributed by atoms with Crippen LogP contribution in [-0.4, -0.2) is 51.4 Å². The van der Waals surface area contributed by atoms with Crippen molar-refractivity contribution in [2.75, 3.05) is 13.1 Å². The molecule has 0 saturated heterocycles. The highest BCUT2D eigenvalue weighted by molar-refractivity contribution is 5.73. The summed E-state index contributed by atoms with van der Waals surface area (Å²) in [5.41, 5.74) is 4.33. The van der Waals surface area contributed by atoms with E-state index in [-0.39, 0.29) is 5.91 Å². The predicted molar refractivity (Wildman–Crippen MR) is 93.8 cm³/mol. The number of aryl methyl sites for hydroxylation is 1. The third kappa shape index (κ3) is 6.24. The van der Waals surface area contributed by atoms with E-state index in [1.165, 1.54) is 18.1 Å². The Balaban J connectivity index is 0.000000370. The molecule has 2 aromatic heterocycles. The lowest BCUT2D eigenvalue weighted by Crippen LogP contribution is -2.25. The van der Waals surface area contributed by atoms with E-state index in [9.17, 15) is 18.0 Å². The van der Waals surface area contributed by atoms with Crippen LogP contribution in [0, 0.1) is 6.92 Å². The van der Waals surface area contributed by atoms with E-state index in [1.54, 1.807) is 0 Å². The van der Waals surface area contributed by atoms with E-state index in [0.717, 1.165) is 30.8 Å². The number of carbonyl (C=O) groups excluding carboxylic acids is 1. The number of pyridine rings is 1. The quantitative estimate of drug-likeness (QED) is 0.683. The summed E-state index contributed by atoms with van der Waals surface area (Å²) in [7, 11) is 0. The Morgan fingerprint density at radius 2 is 2.07 bits per heavy atom. The maximum absolute atomic E-state index is 10.9. The lowest BCUT2D eigenvalue weighted by molar-refractivity contribution is -0.192. The van der Waals surface area contributed by atoms with Crippen molar-refractivity contribution >= 4 is 11.9 Å². The number of hydrogen-bond acceptors (Lipinski definition) is 7. The summed E-state index contributed by atoms with van der Waals surface area (Å²) >= 11 is 0. The Morgan fingerprint density at radius 1 is 1.38 bits per heavy atom. The molecule has 0 saturated carbocycles. The smallest absolute Gasteiger partial charge is 0.475 e. The number of nitrogens with zero attached hydrogens (tertiary/aromatic N) is 3. The molecule has 0 spiro atoms. The summed E-state index contributed by atoms with van der Waals surface area (Å²) in [4.78, 5) is 28.7. The third-order valence-corrected chi connectivity index (χ3v) is 3.98. The fraction of sp³-hybridized carbons (Fsp3) is 0.471. The summed E-state index contributed by atoms with van der Waals surface area (Å²) in [6, 6.07) is 0. The number of carboxylic acid groups (broad SMARTS) is 1. The van der Waals surface area contributed by atoms with E-state index in [0.29, 0.717) is 24.7 Å². The normalized spacial score (nSPS) is 13.1. The Kier molecular flexibility index (Phi) is 7.26. The molecule has 0 aliphatic carbocycles. The second kappa shape index (κ2) is 9.45. The van der Waals surface area contributed by atoms with Gasteiger partial charge in [0.25, 0.3) is 0 Å². The van der Waals surface area contributed by atoms with Gasteiger partial charge in [0.05, 0.1) is 0 Å². The number of fused-ring (bicyclic) bond motifs is 1. The summed E-state index contributed by atoms with van der Waals surface area (Å²) in [6.07, 6.45) is -1.71. The predicted octanol–water partition coefficient (Wildman–Crippen LogP) is 1.40. The minimum atomic E-state index is -5.08. The first-order chi connectivity index (χ1) is 13.6. The molecule has 3 N–H and O–H groups in total. The number of amides is 1. The van der Waals surface area contributed by atoms with Crippen molar-refractivity contribution in [2.45, 2.75) is 39.4 Å². The molecule has 12 heteroatoms. The highest BCUT2D eigenvalue weighted by Crippen LogP contribution is 2.28. The van der Waals surface area contributed by atoms with Gasteiger partial charge in [-0.05, 0) is 31.0 Å². The molecule has 3 rings (SSSR count). The summed E-state index contributed by atoms with van der Waals surface area (Å²) in [5, 5.41) is 17.3. The van der Waals surface area contributed by atoms with Crippen LogP contribution in [0.5, 0.6) is 0 Å². The molecule has 9 nitrogen and oxygen atoms in total. The molecule has 158 valence electrons. The zero-order valence-corrected chi connectivity index (χ0v) is 15.8. The number of hydrogen-bond donors (Lipinski definition) is 3. The van der Waals surface area contributed by atoms with Gasteiger partial charge in [0.1, 0.15) is 0 Å². The number of alkyl halides is 3. The average Bonchev–Trinajstić information content (AvgIpc) is 3.09. The van der Waals surface area contributed by atoms with Crippen molar-refractivity contribution in [3.63, 3.8) is 0 Å². The van der Waals surface area contributed by atoms with Crippen molar-refractivity contribution in [1.82, 2.24) is 25.8 Å². The Morgan fingerprint density at radius 3 is 2.69 bits per heavy atom. The molecule has 0 bridgehead atoms. The number of nitrogens with one attached hydrogen (secondary N) is 2. The fourth-order valence-corrected chi connectivity index (χ4v) is 2.67. The van der Waals surface area contributed by atoms with Gasteiger partial charge in [0.15, 0.2) is 0 Å². The van der Waals surface area contributed by atoms with Gasteiger partial charge in [-0.2, -0.15) is 18.2 Å². The molecule has 29 heavy (non-hydrogen) atoms. The van der Waals surface area contributed by atoms with Crippen LogP contribution in [0.4, 0.5) is 13.2 Å². The van der Waals surface area contributed by atoms with Crippen molar-refractivity contribution < 1.29 is 32.4 Å². The van der Waals surface area contributed by atoms with E-state index >= 15 is 0 Å². The molecule has 0 aromatic carbocycles. The Labute approximate surface area is 163 Å². The van der Waals surface area contributed by atoms with E-state index in [2.05, 4.69) is 25.8 Å². The zero-order valence-electron chi connectivity index (χ0n) is 15.8. The van der Waals surface area contributed by atoms with Crippen LogP contribution in [-0.2, 0) is 29.0 Å². The van der Waals surface area contributed by atoms with Crippen LogP contribution in [0.25, 0.3) is 11.4 Å². The SMILES string of the molecule is CC(=O)NCCc1nc(-c2c(C)ncc3c2CCNC3)no1.O=C(O)C(F)(F)F. The van der Waals surface area contributed by atoms with Crippen molar-refractivity contribution in [3.05, 3.63) is 28.9 Å². The maximum Gasteiger partial charge on any atom is 0.490 e. The Hall–Kier alpha value is -3.02. The third-order valence-electron chi connectivity index (χ3n) is 3.98. The first-order valence-corrected chi connectivity index (χ1v) is 8.65. The van der Waals surface area contributed by atoms with Gasteiger partial charge in [-0.1, -0.05) is 5.16 Å². The van der Waals surface area contributed by atoms with Gasteiger partial charge in [-0.15, -0.1) is 0 Å². The summed E-state index contributed by atoms with van der Waals surface area (Å²) in [5.74, 6) is -1.71. The van der Waals surface area contributed by atoms with Gasteiger partial charge in [-0.25, -0.2) is 4.79 Å². The van der Waals surface area contributed by atoms with Crippen molar-refractivity contribution in [2.24, 2.45) is 0 Å². The number of carbonyl (C=O) groups is 2. The molecule has 0 atom stereocenters. The molecule has 0 unspecified atom stereocenters. The van der Waals surface area contributed by atoms with Gasteiger partial charge in [0, 0.05) is 43.9 Å². The standard InChI is InChI=1S/C15H19N5O2.C2HF3O2/c1-9-14(12-3-5-16-7-11(12)8-18-9)15-19-13(22-20-15)4-6-17-10(2)21;3-2(4,5)1(6)7/h8,16H,3-7H2,1-2H3,(H,17,21);(H,6,7). The molecule has 1 aliphatic rings. The van der Waals surface area contributed by atoms with Crippen LogP contribution in [0.2, 0.25) is 0 Å². The van der Waals surface area contributed by atoms with Crippen LogP contribution in [0.15, 0.2) is 10.7 Å². The Bertz CT molecular complexity index is 882. The van der Waals surface area contributed by atoms with Crippen LogP contribution >= 0.6 is 0 Å². The first-order valence-electron chi connectivity index (χ1n) is 8.65. The summed E-state index contributed by atoms with van der Waals surface area (Å²) < 4.78 is 37.0. The van der Waals surface area contributed by atoms with Gasteiger partial charge < -0.3 is 20.3 Å². The first kappa shape index (κ1) is 22.3. The maximum atomic E-state index is 10.9. The lowest BCUT2D eigenvalue weighted by atomic mass is 9.95. The molecular formula is C17H20F3N5O4. The second-order valence-electron chi connectivity index (χ2n) is 6.20. The van der Waals surface area contributed by atoms with Crippen LogP contribution < -0.4 is 10.6 Å². The van der Waals surface area contributed by atoms with Crippen molar-refractivity contribution in [1.29, 1.82) is 0 Å². The molecule has 0 radical (unpaired) electrons. The zero-order chi connectivity index (χ0) is 21.6. The molecule has 0 fully saturated rings. The second-order valence-corrected chi connectivity index (χ2v) is 6.20. The minimum absolute atomic E-state index is 0.0654. The lowest BCUT2D eigenvalue weighted by Gasteiger charge is -2.19. The molecule has 1 amide bonds. The van der Waals surface area contributed by atoms with E-state index in [1.807, 2.05) is 13.1 Å². The number of rotatable bonds is 4. The number of carboxylic acids is 1. The largest absolute Gasteiger partial charge is 0.490 e. The summed E-state index contributed by atoms with van der Waals surface area (Å²) in [6.45, 7) is 5.70. The highest BCUT2D eigenvalue weighted by Gasteiger charge is 2.38. The van der Waals surface area contributed by atoms with Gasteiger partial charge in [-0.3, -0.25) is 9.78 Å². The van der Waals surface area contributed by atoms with E-state index in [4.69, 9.17) is 14.4 Å². The van der Waals surface area contributed by atoms with E-state index < -0.39 is 12.1 Å². The minimum Gasteiger partial charge on any atom is -0.475 e. The van der Waals surface area contributed by atoms with Crippen LogP contribution in [0.1, 0.15) is 29.6 Å². The highest BCUT2D eigenvalue weighted by atomic mass is 19.4. The van der Waals surface area contributed by atoms with Gasteiger partial charge >= 0.3 is 12.1 Å². The topological polar surface area (TPSA) is 130 Å². The van der Waals surface area contributed by atoms with Crippen LogP contribution in [0.3, 0.4) is 0 Å². The molecular weight excluding hydrogens is 395 g/mol. The number of halogens is 3. The molecule has 3 heterocycles. The molecule has 2 aromatic rings. The monoisotopic (exact) mass is 415 g/mol. The van der Waals surface area contributed by atoms with Crippen molar-refractivity contribution in [3.8, 4) is 11.4 Å². The number of aliphatic carboxylic acids is 1.